The molecule has 2 aromatic rings. The number of nitrogens with two attached hydrogens (primary N) is 1. The number of fused-ring (bicyclic) bond motifs is 1. The number of ether oxygens (including phenoxy) is 1. The van der Waals surface area contributed by atoms with Crippen LogP contribution in [0.25, 0.3) is 11.0 Å². The summed E-state index contributed by atoms with van der Waals surface area (Å²) in [7, 11) is 0. The summed E-state index contributed by atoms with van der Waals surface area (Å²) >= 11 is 0. The number of nitrogens with zero attached hydrogens (tertiary/aromatic N) is 3. The largest absolute Gasteiger partial charge is 0.382 e. The third-order valence-electron chi connectivity index (χ3n) is 3.07. The number of aldehydes is 1. The molecule has 0 saturated carbocycles. The first kappa shape index (κ1) is 10.2. The van der Waals surface area contributed by atoms with E-state index in [1.807, 2.05) is 10.6 Å². The van der Waals surface area contributed by atoms with Crippen molar-refractivity contribution < 1.29 is 9.53 Å². The molecule has 1 aliphatic rings. The normalized spacial score (nSPS) is 24.2. The first-order chi connectivity index (χ1) is 8.29. The van der Waals surface area contributed by atoms with Crippen LogP contribution in [0.5, 0.6) is 0 Å². The van der Waals surface area contributed by atoms with Gasteiger partial charge in [0.15, 0.2) is 5.82 Å². The molecule has 88 valence electrons. The van der Waals surface area contributed by atoms with Gasteiger partial charge in [-0.25, -0.2) is 9.97 Å². The number of rotatable bonds is 2. The molecule has 1 fully saturated rings. The lowest BCUT2D eigenvalue weighted by Crippen LogP contribution is -2.08. The zero-order valence-electron chi connectivity index (χ0n) is 9.11. The molecule has 6 nitrogen and oxygen atoms in total. The first-order valence-corrected chi connectivity index (χ1v) is 5.43. The minimum Gasteiger partial charge on any atom is -0.382 e. The minimum atomic E-state index is -0.309. The van der Waals surface area contributed by atoms with Crippen LogP contribution in [0.2, 0.25) is 0 Å². The molecule has 0 bridgehead atoms. The topological polar surface area (TPSA) is 83.0 Å². The molecule has 1 aliphatic heterocycles. The zero-order chi connectivity index (χ0) is 11.8. The third kappa shape index (κ3) is 1.57. The van der Waals surface area contributed by atoms with Gasteiger partial charge in [-0.3, -0.25) is 0 Å². The molecule has 6 heteroatoms. The summed E-state index contributed by atoms with van der Waals surface area (Å²) in [5.41, 5.74) is 7.37. The Labute approximate surface area is 97.4 Å². The predicted molar refractivity (Wildman–Crippen MR) is 61.4 cm³/mol. The quantitative estimate of drug-likeness (QED) is 0.764. The molecule has 0 aromatic carbocycles. The van der Waals surface area contributed by atoms with Crippen LogP contribution in [0.15, 0.2) is 18.6 Å². The molecule has 3 heterocycles. The van der Waals surface area contributed by atoms with Crippen molar-refractivity contribution in [2.75, 3.05) is 12.3 Å². The monoisotopic (exact) mass is 232 g/mol. The number of nitrogen functional groups attached to an aromatic ring is 1. The van der Waals surface area contributed by atoms with Crippen LogP contribution >= 0.6 is 0 Å². The Bertz CT molecular complexity index is 566. The highest BCUT2D eigenvalue weighted by atomic mass is 16.5. The standard InChI is InChI=1S/C11H12N4O2/c12-11-10-9(1-2-13-11)15(6-14-10)7-3-8(4-16)17-5-7/h1-2,4,6-8H,3,5H2,(H2,12,13)/t7-,8-/m1/s1. The summed E-state index contributed by atoms with van der Waals surface area (Å²) in [6, 6.07) is 2.00. The van der Waals surface area contributed by atoms with Crippen LogP contribution in [0.4, 0.5) is 5.82 Å². The molecule has 0 amide bonds. The van der Waals surface area contributed by atoms with E-state index in [1.54, 1.807) is 12.5 Å². The van der Waals surface area contributed by atoms with Gasteiger partial charge in [0.2, 0.25) is 0 Å². The van der Waals surface area contributed by atoms with E-state index in [1.165, 1.54) is 0 Å². The van der Waals surface area contributed by atoms with Crippen molar-refractivity contribution in [3.8, 4) is 0 Å². The van der Waals surface area contributed by atoms with E-state index in [2.05, 4.69) is 9.97 Å². The maximum Gasteiger partial charge on any atom is 0.151 e. The number of pyridine rings is 1. The van der Waals surface area contributed by atoms with Gasteiger partial charge in [-0.2, -0.15) is 0 Å². The molecular formula is C11H12N4O2. The molecule has 0 unspecified atom stereocenters. The van der Waals surface area contributed by atoms with E-state index >= 15 is 0 Å². The molecule has 2 atom stereocenters. The summed E-state index contributed by atoms with van der Waals surface area (Å²) < 4.78 is 7.35. The van der Waals surface area contributed by atoms with Gasteiger partial charge in [-0.1, -0.05) is 0 Å². The summed E-state index contributed by atoms with van der Waals surface area (Å²) in [5.74, 6) is 0.423. The van der Waals surface area contributed by atoms with Crippen molar-refractivity contribution in [3.05, 3.63) is 18.6 Å². The highest BCUT2D eigenvalue weighted by Gasteiger charge is 2.27. The number of anilines is 1. The molecule has 2 aromatic heterocycles. The van der Waals surface area contributed by atoms with Crippen molar-refractivity contribution >= 4 is 23.1 Å². The van der Waals surface area contributed by atoms with Gasteiger partial charge >= 0.3 is 0 Å². The third-order valence-corrected chi connectivity index (χ3v) is 3.07. The lowest BCUT2D eigenvalue weighted by molar-refractivity contribution is -0.115. The number of hydrogen-bond donors (Lipinski definition) is 1. The van der Waals surface area contributed by atoms with Crippen LogP contribution in [0.1, 0.15) is 12.5 Å². The van der Waals surface area contributed by atoms with Crippen LogP contribution in [-0.4, -0.2) is 33.5 Å². The molecular weight excluding hydrogens is 220 g/mol. The van der Waals surface area contributed by atoms with Crippen molar-refractivity contribution in [3.63, 3.8) is 0 Å². The van der Waals surface area contributed by atoms with E-state index in [4.69, 9.17) is 10.5 Å². The number of carbonyl (C=O) groups is 1. The Hall–Kier alpha value is -1.95. The van der Waals surface area contributed by atoms with Crippen LogP contribution in [0, 0.1) is 0 Å². The molecule has 1 saturated heterocycles. The summed E-state index contributed by atoms with van der Waals surface area (Å²) in [6.07, 6.45) is 4.59. The highest BCUT2D eigenvalue weighted by Crippen LogP contribution is 2.28. The van der Waals surface area contributed by atoms with Crippen LogP contribution < -0.4 is 5.73 Å². The molecule has 0 radical (unpaired) electrons. The fourth-order valence-corrected chi connectivity index (χ4v) is 2.20. The van der Waals surface area contributed by atoms with Gasteiger partial charge < -0.3 is 19.8 Å². The van der Waals surface area contributed by atoms with Gasteiger partial charge in [-0.15, -0.1) is 0 Å². The molecule has 17 heavy (non-hydrogen) atoms. The second-order valence-corrected chi connectivity index (χ2v) is 4.11. The van der Waals surface area contributed by atoms with Crippen molar-refractivity contribution in [1.82, 2.24) is 14.5 Å². The molecule has 0 spiro atoms. The summed E-state index contributed by atoms with van der Waals surface area (Å²) in [5, 5.41) is 0. The Morgan fingerprint density at radius 2 is 2.41 bits per heavy atom. The number of aromatic nitrogens is 3. The van der Waals surface area contributed by atoms with E-state index in [0.29, 0.717) is 24.4 Å². The smallest absolute Gasteiger partial charge is 0.151 e. The summed E-state index contributed by atoms with van der Waals surface area (Å²) in [4.78, 5) is 18.9. The van der Waals surface area contributed by atoms with Gasteiger partial charge in [-0.05, 0) is 6.07 Å². The number of carbonyl (C=O) groups excluding carboxylic acids is 1. The van der Waals surface area contributed by atoms with Crippen LogP contribution in [0.3, 0.4) is 0 Å². The van der Waals surface area contributed by atoms with Gasteiger partial charge in [0, 0.05) is 12.6 Å². The van der Waals surface area contributed by atoms with E-state index in [-0.39, 0.29) is 12.1 Å². The zero-order valence-corrected chi connectivity index (χ0v) is 9.11. The SMILES string of the molecule is Nc1nccc2c1ncn2[C@H]1CO[C@@H](C=O)C1. The maximum atomic E-state index is 10.7. The number of imidazole rings is 1. The van der Waals surface area contributed by atoms with E-state index < -0.39 is 0 Å². The Morgan fingerprint density at radius 3 is 3.18 bits per heavy atom. The second-order valence-electron chi connectivity index (χ2n) is 4.11. The van der Waals surface area contributed by atoms with Gasteiger partial charge in [0.1, 0.15) is 17.9 Å². The fraction of sp³-hybridized carbons (Fsp3) is 0.364. The van der Waals surface area contributed by atoms with Crippen molar-refractivity contribution in [1.29, 1.82) is 0 Å². The number of hydrogen-bond acceptors (Lipinski definition) is 5. The summed E-state index contributed by atoms with van der Waals surface area (Å²) in [6.45, 7) is 0.525. The van der Waals surface area contributed by atoms with E-state index in [0.717, 1.165) is 11.8 Å². The van der Waals surface area contributed by atoms with Crippen LogP contribution in [-0.2, 0) is 9.53 Å². The lowest BCUT2D eigenvalue weighted by Gasteiger charge is -2.10. The van der Waals surface area contributed by atoms with Crippen molar-refractivity contribution in [2.45, 2.75) is 18.6 Å². The average molecular weight is 232 g/mol. The predicted octanol–water partition coefficient (Wildman–Crippen LogP) is 0.542. The molecule has 3 rings (SSSR count). The van der Waals surface area contributed by atoms with Gasteiger partial charge in [0.05, 0.1) is 24.5 Å². The lowest BCUT2D eigenvalue weighted by atomic mass is 10.2. The van der Waals surface area contributed by atoms with Crippen molar-refractivity contribution in [2.24, 2.45) is 0 Å². The fourth-order valence-electron chi connectivity index (χ4n) is 2.20. The Morgan fingerprint density at radius 1 is 1.53 bits per heavy atom. The maximum absolute atomic E-state index is 10.7. The first-order valence-electron chi connectivity index (χ1n) is 5.43. The van der Waals surface area contributed by atoms with Gasteiger partial charge in [0.25, 0.3) is 0 Å². The van der Waals surface area contributed by atoms with E-state index in [9.17, 15) is 4.79 Å². The minimum absolute atomic E-state index is 0.136. The Balaban J connectivity index is 2.01. The average Bonchev–Trinajstić information content (AvgIpc) is 2.94. The highest BCUT2D eigenvalue weighted by molar-refractivity contribution is 5.84. The Kier molecular flexibility index (Phi) is 2.29. The second kappa shape index (κ2) is 3.81. The molecule has 0 aliphatic carbocycles. The molecule has 2 N–H and O–H groups in total.